The van der Waals surface area contributed by atoms with Crippen molar-refractivity contribution >= 4 is 24.2 Å². The van der Waals surface area contributed by atoms with Gasteiger partial charge in [-0.15, -0.1) is 12.6 Å². The Kier molecular flexibility index (Phi) is 5.28. The van der Waals surface area contributed by atoms with E-state index in [2.05, 4.69) is 17.9 Å². The van der Waals surface area contributed by atoms with Crippen LogP contribution < -0.4 is 19.7 Å². The highest BCUT2D eigenvalue weighted by Crippen LogP contribution is 2.39. The van der Waals surface area contributed by atoms with Gasteiger partial charge in [0.25, 0.3) is 5.91 Å². The Morgan fingerprint density at radius 1 is 1.15 bits per heavy atom. The second-order valence-corrected chi connectivity index (χ2v) is 6.38. The lowest BCUT2D eigenvalue weighted by atomic mass is 10.0. The first-order valence-electron chi connectivity index (χ1n) is 8.22. The van der Waals surface area contributed by atoms with Gasteiger partial charge in [0.15, 0.2) is 11.5 Å². The average molecular weight is 381 g/mol. The van der Waals surface area contributed by atoms with Gasteiger partial charge >= 0.3 is 0 Å². The molecule has 0 aliphatic carbocycles. The van der Waals surface area contributed by atoms with Gasteiger partial charge in [0, 0.05) is 5.69 Å². The molecule has 27 heavy (non-hydrogen) atoms. The Morgan fingerprint density at radius 3 is 2.48 bits per heavy atom. The van der Waals surface area contributed by atoms with Crippen LogP contribution in [-0.4, -0.2) is 20.1 Å². The van der Waals surface area contributed by atoms with E-state index in [0.29, 0.717) is 16.5 Å². The Labute approximate surface area is 163 Å². The zero-order valence-electron chi connectivity index (χ0n) is 15.2. The van der Waals surface area contributed by atoms with Crippen molar-refractivity contribution in [3.63, 3.8) is 0 Å². The third kappa shape index (κ3) is 3.32. The van der Waals surface area contributed by atoms with Crippen molar-refractivity contribution in [2.75, 3.05) is 19.1 Å². The number of ether oxygens (including phenoxy) is 2. The second-order valence-electron chi connectivity index (χ2n) is 5.96. The molecule has 1 heterocycles. The number of nitrogens with one attached hydrogen (secondary N) is 1. The van der Waals surface area contributed by atoms with Gasteiger partial charge in [-0.1, -0.05) is 24.3 Å². The minimum Gasteiger partial charge on any atom is -0.493 e. The Hall–Kier alpha value is -3.11. The number of aryl methyl sites for hydroxylation is 1. The van der Waals surface area contributed by atoms with Crippen LogP contribution in [0, 0.1) is 18.3 Å². The third-order valence-electron chi connectivity index (χ3n) is 4.41. The molecule has 0 saturated carbocycles. The van der Waals surface area contributed by atoms with Crippen molar-refractivity contribution in [1.82, 2.24) is 5.32 Å². The molecule has 2 aromatic carbocycles. The SMILES string of the molecule is COc1ccc(C2NC(=O)C(C#N)=C(S)N2c2ccccc2C)cc1OC. The summed E-state index contributed by atoms with van der Waals surface area (Å²) in [6.07, 6.45) is -0.553. The Morgan fingerprint density at radius 2 is 1.85 bits per heavy atom. The van der Waals surface area contributed by atoms with E-state index in [9.17, 15) is 10.1 Å². The molecule has 1 unspecified atom stereocenters. The first-order chi connectivity index (χ1) is 13.0. The van der Waals surface area contributed by atoms with Gasteiger partial charge in [-0.2, -0.15) is 5.26 Å². The number of hydrogen-bond acceptors (Lipinski definition) is 6. The normalized spacial score (nSPS) is 16.6. The fourth-order valence-electron chi connectivity index (χ4n) is 3.05. The van der Waals surface area contributed by atoms with Crippen LogP contribution in [0.1, 0.15) is 17.3 Å². The zero-order chi connectivity index (χ0) is 19.6. The van der Waals surface area contributed by atoms with Crippen LogP contribution in [-0.2, 0) is 4.79 Å². The average Bonchev–Trinajstić information content (AvgIpc) is 2.68. The number of para-hydroxylation sites is 1. The number of amides is 1. The van der Waals surface area contributed by atoms with Gasteiger partial charge in [0.1, 0.15) is 17.8 Å². The lowest BCUT2D eigenvalue weighted by molar-refractivity contribution is -0.118. The number of nitriles is 1. The molecule has 7 heteroatoms. The molecule has 0 fully saturated rings. The fraction of sp³-hybridized carbons (Fsp3) is 0.200. The predicted molar refractivity (Wildman–Crippen MR) is 106 cm³/mol. The van der Waals surface area contributed by atoms with Gasteiger partial charge in [-0.05, 0) is 36.2 Å². The van der Waals surface area contributed by atoms with E-state index in [0.717, 1.165) is 16.8 Å². The first kappa shape index (κ1) is 18.7. The molecule has 138 valence electrons. The van der Waals surface area contributed by atoms with E-state index in [-0.39, 0.29) is 5.57 Å². The number of hydrogen-bond donors (Lipinski definition) is 2. The Balaban J connectivity index is 2.19. The number of methoxy groups -OCH3 is 2. The maximum Gasteiger partial charge on any atom is 0.266 e. The molecule has 3 rings (SSSR count). The largest absolute Gasteiger partial charge is 0.493 e. The standard InChI is InChI=1S/C20H19N3O3S/c1-12-6-4-5-7-15(12)23-18(22-19(24)14(11-21)20(23)27)13-8-9-16(25-2)17(10-13)26-3/h4-10,18,27H,1-3H3,(H,22,24). The van der Waals surface area contributed by atoms with Crippen molar-refractivity contribution in [1.29, 1.82) is 5.26 Å². The van der Waals surface area contributed by atoms with Crippen molar-refractivity contribution in [3.8, 4) is 17.6 Å². The topological polar surface area (TPSA) is 74.6 Å². The highest BCUT2D eigenvalue weighted by atomic mass is 32.1. The lowest BCUT2D eigenvalue weighted by Crippen LogP contribution is -2.46. The molecule has 2 aromatic rings. The van der Waals surface area contributed by atoms with Gasteiger partial charge in [0.05, 0.1) is 19.2 Å². The van der Waals surface area contributed by atoms with Crippen LogP contribution >= 0.6 is 12.6 Å². The van der Waals surface area contributed by atoms with Crippen molar-refractivity contribution in [2.45, 2.75) is 13.1 Å². The van der Waals surface area contributed by atoms with Crippen LogP contribution in [0.2, 0.25) is 0 Å². The van der Waals surface area contributed by atoms with Crippen LogP contribution in [0.25, 0.3) is 0 Å². The minimum atomic E-state index is -0.553. The summed E-state index contributed by atoms with van der Waals surface area (Å²) in [6, 6.07) is 15.1. The number of carbonyl (C=O) groups is 1. The summed E-state index contributed by atoms with van der Waals surface area (Å²) in [6.45, 7) is 1.96. The van der Waals surface area contributed by atoms with Crippen LogP contribution in [0.15, 0.2) is 53.1 Å². The van der Waals surface area contributed by atoms with E-state index in [1.165, 1.54) is 0 Å². The number of carbonyl (C=O) groups excluding carboxylic acids is 1. The molecule has 1 aliphatic rings. The van der Waals surface area contributed by atoms with E-state index in [1.807, 2.05) is 48.2 Å². The number of thiol groups is 1. The quantitative estimate of drug-likeness (QED) is 0.795. The number of nitrogens with zero attached hydrogens (tertiary/aromatic N) is 2. The van der Waals surface area contributed by atoms with Crippen molar-refractivity contribution in [3.05, 3.63) is 64.2 Å². The van der Waals surface area contributed by atoms with Crippen LogP contribution in [0.3, 0.4) is 0 Å². The third-order valence-corrected chi connectivity index (χ3v) is 4.85. The van der Waals surface area contributed by atoms with Crippen LogP contribution in [0.4, 0.5) is 5.69 Å². The summed E-state index contributed by atoms with van der Waals surface area (Å²) >= 11 is 4.51. The van der Waals surface area contributed by atoms with E-state index in [4.69, 9.17) is 9.47 Å². The molecule has 0 bridgehead atoms. The van der Waals surface area contributed by atoms with E-state index in [1.54, 1.807) is 26.4 Å². The molecule has 1 N–H and O–H groups in total. The molecular weight excluding hydrogens is 362 g/mol. The summed E-state index contributed by atoms with van der Waals surface area (Å²) < 4.78 is 10.7. The molecule has 1 atom stereocenters. The molecule has 6 nitrogen and oxygen atoms in total. The first-order valence-corrected chi connectivity index (χ1v) is 8.67. The summed E-state index contributed by atoms with van der Waals surface area (Å²) in [7, 11) is 3.12. The lowest BCUT2D eigenvalue weighted by Gasteiger charge is -2.38. The summed E-state index contributed by atoms with van der Waals surface area (Å²) in [4.78, 5) is 14.3. The number of rotatable bonds is 4. The van der Waals surface area contributed by atoms with E-state index < -0.39 is 12.1 Å². The molecule has 0 aromatic heterocycles. The monoisotopic (exact) mass is 381 g/mol. The van der Waals surface area contributed by atoms with Crippen LogP contribution in [0.5, 0.6) is 11.5 Å². The minimum absolute atomic E-state index is 0.0293. The highest BCUT2D eigenvalue weighted by Gasteiger charge is 2.34. The van der Waals surface area contributed by atoms with Gasteiger partial charge in [-0.25, -0.2) is 0 Å². The summed E-state index contributed by atoms with van der Waals surface area (Å²) in [5.41, 5.74) is 2.57. The smallest absolute Gasteiger partial charge is 0.266 e. The molecule has 0 radical (unpaired) electrons. The number of benzene rings is 2. The molecular formula is C20H19N3O3S. The molecule has 1 aliphatic heterocycles. The summed E-state index contributed by atoms with van der Waals surface area (Å²) in [5.74, 6) is 0.669. The molecule has 1 amide bonds. The van der Waals surface area contributed by atoms with Gasteiger partial charge < -0.3 is 19.7 Å². The zero-order valence-corrected chi connectivity index (χ0v) is 16.1. The van der Waals surface area contributed by atoms with Gasteiger partial charge in [0.2, 0.25) is 0 Å². The fourth-order valence-corrected chi connectivity index (χ4v) is 3.42. The van der Waals surface area contributed by atoms with Gasteiger partial charge in [-0.3, -0.25) is 4.79 Å². The second kappa shape index (κ2) is 7.64. The molecule has 0 spiro atoms. The maximum atomic E-state index is 12.4. The predicted octanol–water partition coefficient (Wildman–Crippen LogP) is 3.31. The van der Waals surface area contributed by atoms with Crippen molar-refractivity contribution in [2.24, 2.45) is 0 Å². The maximum absolute atomic E-state index is 12.4. The summed E-state index contributed by atoms with van der Waals surface area (Å²) in [5, 5.41) is 12.6. The van der Waals surface area contributed by atoms with E-state index >= 15 is 0 Å². The van der Waals surface area contributed by atoms with Crippen molar-refractivity contribution < 1.29 is 14.3 Å². The number of anilines is 1. The molecule has 0 saturated heterocycles. The Bertz CT molecular complexity index is 965. The highest BCUT2D eigenvalue weighted by molar-refractivity contribution is 7.84.